The Morgan fingerprint density at radius 2 is 2.00 bits per heavy atom. The first kappa shape index (κ1) is 15.2. The van der Waals surface area contributed by atoms with Gasteiger partial charge >= 0.3 is 6.18 Å². The van der Waals surface area contributed by atoms with Gasteiger partial charge in [-0.15, -0.1) is 0 Å². The van der Waals surface area contributed by atoms with Crippen LogP contribution in [-0.4, -0.2) is 18.6 Å². The molecule has 6 heteroatoms. The van der Waals surface area contributed by atoms with E-state index in [2.05, 4.69) is 10.3 Å². The Labute approximate surface area is 120 Å². The lowest BCUT2D eigenvalue weighted by Gasteiger charge is -2.10. The second-order valence-electron chi connectivity index (χ2n) is 4.46. The number of nitrogens with zero attached hydrogens (tertiary/aromatic N) is 1. The van der Waals surface area contributed by atoms with Gasteiger partial charge in [-0.3, -0.25) is 0 Å². The van der Waals surface area contributed by atoms with Gasteiger partial charge in [0.05, 0.1) is 12.7 Å². The van der Waals surface area contributed by atoms with E-state index in [1.165, 1.54) is 0 Å². The quantitative estimate of drug-likeness (QED) is 0.912. The zero-order valence-corrected chi connectivity index (χ0v) is 11.4. The Morgan fingerprint density at radius 3 is 2.71 bits per heavy atom. The standard InChI is InChI=1S/C15H15F3N2O/c1-21-13-4-2-3-11(9-13)5-7-19-14-10-12(6-8-20-14)15(16,17)18/h2-4,6,8-10H,5,7H2,1H3,(H,19,20). The zero-order chi connectivity index (χ0) is 15.3. The maximum atomic E-state index is 12.6. The highest BCUT2D eigenvalue weighted by Crippen LogP contribution is 2.29. The van der Waals surface area contributed by atoms with E-state index in [1.807, 2.05) is 24.3 Å². The molecular formula is C15H15F3N2O. The van der Waals surface area contributed by atoms with Gasteiger partial charge in [-0.1, -0.05) is 12.1 Å². The molecule has 0 spiro atoms. The van der Waals surface area contributed by atoms with Crippen molar-refractivity contribution in [1.29, 1.82) is 0 Å². The smallest absolute Gasteiger partial charge is 0.416 e. The normalized spacial score (nSPS) is 11.2. The van der Waals surface area contributed by atoms with Gasteiger partial charge < -0.3 is 10.1 Å². The number of benzene rings is 1. The minimum absolute atomic E-state index is 0.215. The van der Waals surface area contributed by atoms with Crippen LogP contribution in [0.15, 0.2) is 42.6 Å². The van der Waals surface area contributed by atoms with Crippen molar-refractivity contribution in [1.82, 2.24) is 4.98 Å². The molecule has 0 unspecified atom stereocenters. The Bertz CT molecular complexity index is 599. The summed E-state index contributed by atoms with van der Waals surface area (Å²) in [4.78, 5) is 3.88. The molecule has 0 aliphatic carbocycles. The van der Waals surface area contributed by atoms with Gasteiger partial charge in [0.2, 0.25) is 0 Å². The second-order valence-corrected chi connectivity index (χ2v) is 4.46. The van der Waals surface area contributed by atoms with Crippen LogP contribution in [0.25, 0.3) is 0 Å². The predicted molar refractivity (Wildman–Crippen MR) is 74.4 cm³/mol. The third-order valence-corrected chi connectivity index (χ3v) is 2.94. The van der Waals surface area contributed by atoms with Crippen molar-refractivity contribution in [3.63, 3.8) is 0 Å². The van der Waals surface area contributed by atoms with Crippen LogP contribution < -0.4 is 10.1 Å². The summed E-state index contributed by atoms with van der Waals surface area (Å²) in [7, 11) is 1.59. The molecule has 21 heavy (non-hydrogen) atoms. The SMILES string of the molecule is COc1cccc(CCNc2cc(C(F)(F)F)ccn2)c1. The van der Waals surface area contributed by atoms with Gasteiger partial charge in [0, 0.05) is 12.7 Å². The fraction of sp³-hybridized carbons (Fsp3) is 0.267. The van der Waals surface area contributed by atoms with Crippen molar-refractivity contribution < 1.29 is 17.9 Å². The van der Waals surface area contributed by atoms with Crippen molar-refractivity contribution in [2.45, 2.75) is 12.6 Å². The number of halogens is 3. The van der Waals surface area contributed by atoms with Crippen molar-refractivity contribution in [2.24, 2.45) is 0 Å². The average Bonchev–Trinajstić information content (AvgIpc) is 2.47. The lowest BCUT2D eigenvalue weighted by molar-refractivity contribution is -0.137. The summed E-state index contributed by atoms with van der Waals surface area (Å²) in [6.07, 6.45) is -2.54. The highest BCUT2D eigenvalue weighted by Gasteiger charge is 2.30. The van der Waals surface area contributed by atoms with Crippen molar-refractivity contribution >= 4 is 5.82 Å². The van der Waals surface area contributed by atoms with Gasteiger partial charge in [0.15, 0.2) is 0 Å². The van der Waals surface area contributed by atoms with Gasteiger partial charge in [-0.25, -0.2) is 4.98 Å². The van der Waals surface area contributed by atoms with Crippen LogP contribution in [0.5, 0.6) is 5.75 Å². The van der Waals surface area contributed by atoms with E-state index in [0.717, 1.165) is 29.6 Å². The number of hydrogen-bond acceptors (Lipinski definition) is 3. The minimum Gasteiger partial charge on any atom is -0.497 e. The molecule has 1 N–H and O–H groups in total. The molecule has 0 radical (unpaired) electrons. The molecule has 0 saturated carbocycles. The van der Waals surface area contributed by atoms with Crippen molar-refractivity contribution in [3.8, 4) is 5.75 Å². The number of nitrogens with one attached hydrogen (secondary N) is 1. The molecule has 0 aliphatic rings. The Morgan fingerprint density at radius 1 is 1.19 bits per heavy atom. The molecule has 3 nitrogen and oxygen atoms in total. The van der Waals surface area contributed by atoms with E-state index >= 15 is 0 Å². The number of hydrogen-bond donors (Lipinski definition) is 1. The van der Waals surface area contributed by atoms with Gasteiger partial charge in [-0.05, 0) is 36.2 Å². The lowest BCUT2D eigenvalue weighted by atomic mass is 10.1. The monoisotopic (exact) mass is 296 g/mol. The van der Waals surface area contributed by atoms with Gasteiger partial charge in [0.1, 0.15) is 11.6 Å². The molecule has 2 aromatic rings. The van der Waals surface area contributed by atoms with Crippen LogP contribution >= 0.6 is 0 Å². The molecule has 2 rings (SSSR count). The highest BCUT2D eigenvalue weighted by atomic mass is 19.4. The maximum absolute atomic E-state index is 12.6. The molecule has 0 amide bonds. The van der Waals surface area contributed by atoms with E-state index in [-0.39, 0.29) is 5.82 Å². The number of pyridine rings is 1. The number of rotatable bonds is 5. The molecular weight excluding hydrogens is 281 g/mol. The first-order chi connectivity index (χ1) is 9.99. The summed E-state index contributed by atoms with van der Waals surface area (Å²) in [6.45, 7) is 0.488. The predicted octanol–water partition coefficient (Wildman–Crippen LogP) is 3.76. The second kappa shape index (κ2) is 6.47. The Hall–Kier alpha value is -2.24. The summed E-state index contributed by atoms with van der Waals surface area (Å²) in [5.41, 5.74) is 0.329. The van der Waals surface area contributed by atoms with E-state index in [9.17, 15) is 13.2 Å². The van der Waals surface area contributed by atoms with E-state index in [4.69, 9.17) is 4.74 Å². The Balaban J connectivity index is 1.94. The molecule has 0 aliphatic heterocycles. The van der Waals surface area contributed by atoms with Crippen LogP contribution in [0.4, 0.5) is 19.0 Å². The van der Waals surface area contributed by atoms with Crippen LogP contribution in [0.2, 0.25) is 0 Å². The summed E-state index contributed by atoms with van der Waals surface area (Å²) in [6, 6.07) is 9.49. The van der Waals surface area contributed by atoms with Crippen molar-refractivity contribution in [2.75, 3.05) is 19.0 Å². The molecule has 1 aromatic heterocycles. The third-order valence-electron chi connectivity index (χ3n) is 2.94. The summed E-state index contributed by atoms with van der Waals surface area (Å²) >= 11 is 0. The number of ether oxygens (including phenoxy) is 1. The van der Waals surface area contributed by atoms with Gasteiger partial charge in [0.25, 0.3) is 0 Å². The third kappa shape index (κ3) is 4.37. The van der Waals surface area contributed by atoms with E-state index in [1.54, 1.807) is 7.11 Å². The lowest BCUT2D eigenvalue weighted by Crippen LogP contribution is -2.09. The number of methoxy groups -OCH3 is 1. The molecule has 0 atom stereocenters. The summed E-state index contributed by atoms with van der Waals surface area (Å²) in [5, 5.41) is 2.89. The zero-order valence-electron chi connectivity index (χ0n) is 11.4. The number of anilines is 1. The molecule has 0 saturated heterocycles. The molecule has 1 aromatic carbocycles. The maximum Gasteiger partial charge on any atom is 0.416 e. The summed E-state index contributed by atoms with van der Waals surface area (Å²) < 4.78 is 42.8. The number of aromatic nitrogens is 1. The molecule has 112 valence electrons. The van der Waals surface area contributed by atoms with E-state index in [0.29, 0.717) is 13.0 Å². The first-order valence-corrected chi connectivity index (χ1v) is 6.39. The van der Waals surface area contributed by atoms with E-state index < -0.39 is 11.7 Å². The van der Waals surface area contributed by atoms with Crippen molar-refractivity contribution in [3.05, 3.63) is 53.7 Å². The number of alkyl halides is 3. The molecule has 0 fully saturated rings. The fourth-order valence-electron chi connectivity index (χ4n) is 1.87. The largest absolute Gasteiger partial charge is 0.497 e. The van der Waals surface area contributed by atoms with Gasteiger partial charge in [-0.2, -0.15) is 13.2 Å². The fourth-order valence-corrected chi connectivity index (χ4v) is 1.87. The Kier molecular flexibility index (Phi) is 4.67. The molecule has 0 bridgehead atoms. The summed E-state index contributed by atoms with van der Waals surface area (Å²) in [5.74, 6) is 0.970. The van der Waals surface area contributed by atoms with Crippen LogP contribution in [0, 0.1) is 0 Å². The minimum atomic E-state index is -4.35. The molecule has 1 heterocycles. The highest BCUT2D eigenvalue weighted by molar-refractivity contribution is 5.39. The first-order valence-electron chi connectivity index (χ1n) is 6.39. The average molecular weight is 296 g/mol. The topological polar surface area (TPSA) is 34.1 Å². The van der Waals surface area contributed by atoms with Crippen LogP contribution in [-0.2, 0) is 12.6 Å². The van der Waals surface area contributed by atoms with Crippen LogP contribution in [0.1, 0.15) is 11.1 Å². The van der Waals surface area contributed by atoms with Crippen LogP contribution in [0.3, 0.4) is 0 Å².